The number of piperazine rings is 1. The quantitative estimate of drug-likeness (QED) is 0.736. The largest absolute Gasteiger partial charge is 0.392 e. The molecule has 1 rings (SSSR count). The number of rotatable bonds is 5. The summed E-state index contributed by atoms with van der Waals surface area (Å²) in [4.78, 5) is 15.9. The summed E-state index contributed by atoms with van der Waals surface area (Å²) in [5, 5.41) is 9.29. The van der Waals surface area contributed by atoms with Gasteiger partial charge in [-0.3, -0.25) is 9.69 Å². The number of carbonyl (C=O) groups excluding carboxylic acids is 1. The first kappa shape index (κ1) is 14.4. The highest BCUT2D eigenvalue weighted by Gasteiger charge is 2.22. The molecule has 5 heteroatoms. The first-order valence-electron chi connectivity index (χ1n) is 6.24. The molecule has 5 nitrogen and oxygen atoms in total. The van der Waals surface area contributed by atoms with Crippen molar-refractivity contribution in [2.45, 2.75) is 32.5 Å². The van der Waals surface area contributed by atoms with Crippen molar-refractivity contribution in [3.05, 3.63) is 0 Å². The molecule has 0 saturated carbocycles. The predicted molar refractivity (Wildman–Crippen MR) is 65.8 cm³/mol. The number of hydrogen-bond donors (Lipinski definition) is 1. The summed E-state index contributed by atoms with van der Waals surface area (Å²) >= 11 is 0. The lowest BCUT2D eigenvalue weighted by atomic mass is 10.2. The Kier molecular flexibility index (Phi) is 5.88. The molecule has 1 N–H and O–H groups in total. The number of carbonyl (C=O) groups is 1. The molecule has 0 unspecified atom stereocenters. The van der Waals surface area contributed by atoms with Crippen LogP contribution in [-0.4, -0.2) is 72.9 Å². The van der Waals surface area contributed by atoms with E-state index in [4.69, 9.17) is 4.74 Å². The first-order valence-corrected chi connectivity index (χ1v) is 6.24. The van der Waals surface area contributed by atoms with E-state index in [-0.39, 0.29) is 18.1 Å². The van der Waals surface area contributed by atoms with Crippen molar-refractivity contribution in [1.82, 2.24) is 9.80 Å². The number of nitrogens with zero attached hydrogens (tertiary/aromatic N) is 2. The maximum atomic E-state index is 11.9. The molecule has 17 heavy (non-hydrogen) atoms. The van der Waals surface area contributed by atoms with Gasteiger partial charge in [-0.15, -0.1) is 0 Å². The molecule has 1 aliphatic heterocycles. The minimum absolute atomic E-state index is 0.0157. The van der Waals surface area contributed by atoms with E-state index in [9.17, 15) is 9.90 Å². The summed E-state index contributed by atoms with van der Waals surface area (Å²) in [6.45, 7) is 7.58. The average molecular weight is 244 g/mol. The molecular weight excluding hydrogens is 220 g/mol. The molecule has 100 valence electrons. The lowest BCUT2D eigenvalue weighted by Crippen LogP contribution is -2.50. The van der Waals surface area contributed by atoms with Gasteiger partial charge in [-0.1, -0.05) is 0 Å². The molecule has 0 bridgehead atoms. The highest BCUT2D eigenvalue weighted by atomic mass is 16.5. The van der Waals surface area contributed by atoms with E-state index in [1.807, 2.05) is 11.8 Å². The fourth-order valence-electron chi connectivity index (χ4n) is 2.01. The summed E-state index contributed by atoms with van der Waals surface area (Å²) in [6, 6.07) is 0. The molecule has 1 heterocycles. The highest BCUT2D eigenvalue weighted by Crippen LogP contribution is 2.07. The number of aliphatic hydroxyl groups excluding tert-OH is 1. The zero-order valence-corrected chi connectivity index (χ0v) is 11.1. The third kappa shape index (κ3) is 5.02. The van der Waals surface area contributed by atoms with Crippen LogP contribution in [0.2, 0.25) is 0 Å². The molecular formula is C12H24N2O3. The molecule has 0 radical (unpaired) electrons. The van der Waals surface area contributed by atoms with Gasteiger partial charge in [0.25, 0.3) is 0 Å². The standard InChI is InChI=1S/C12H24N2O3/c1-10(15)9-13-4-6-14(7-5-13)12(16)8-11(2)17-3/h10-11,15H,4-9H2,1-3H3/t10-,11-/m1/s1. The maximum Gasteiger partial charge on any atom is 0.225 e. The Hall–Kier alpha value is -0.650. The van der Waals surface area contributed by atoms with Gasteiger partial charge in [0.15, 0.2) is 0 Å². The summed E-state index contributed by atoms with van der Waals surface area (Å²) in [5.41, 5.74) is 0. The van der Waals surface area contributed by atoms with Crippen LogP contribution in [0.1, 0.15) is 20.3 Å². The Bertz CT molecular complexity index is 238. The number of amides is 1. The number of methoxy groups -OCH3 is 1. The van der Waals surface area contributed by atoms with Crippen molar-refractivity contribution in [3.8, 4) is 0 Å². The fourth-order valence-corrected chi connectivity index (χ4v) is 2.01. The van der Waals surface area contributed by atoms with E-state index >= 15 is 0 Å². The van der Waals surface area contributed by atoms with Crippen molar-refractivity contribution in [1.29, 1.82) is 0 Å². The third-order valence-electron chi connectivity index (χ3n) is 3.11. The molecule has 2 atom stereocenters. The van der Waals surface area contributed by atoms with Gasteiger partial charge < -0.3 is 14.7 Å². The van der Waals surface area contributed by atoms with Crippen LogP contribution >= 0.6 is 0 Å². The minimum Gasteiger partial charge on any atom is -0.392 e. The Morgan fingerprint density at radius 3 is 2.35 bits per heavy atom. The van der Waals surface area contributed by atoms with E-state index in [0.29, 0.717) is 13.0 Å². The summed E-state index contributed by atoms with van der Waals surface area (Å²) in [7, 11) is 1.62. The minimum atomic E-state index is -0.300. The van der Waals surface area contributed by atoms with Gasteiger partial charge in [-0.05, 0) is 13.8 Å². The van der Waals surface area contributed by atoms with Crippen LogP contribution in [0.3, 0.4) is 0 Å². The van der Waals surface area contributed by atoms with Crippen LogP contribution in [-0.2, 0) is 9.53 Å². The van der Waals surface area contributed by atoms with Crippen molar-refractivity contribution in [2.75, 3.05) is 39.8 Å². The van der Waals surface area contributed by atoms with Gasteiger partial charge in [-0.25, -0.2) is 0 Å². The van der Waals surface area contributed by atoms with Crippen LogP contribution in [0.5, 0.6) is 0 Å². The van der Waals surface area contributed by atoms with E-state index in [1.54, 1.807) is 14.0 Å². The van der Waals surface area contributed by atoms with Crippen LogP contribution in [0.15, 0.2) is 0 Å². The number of aliphatic hydroxyl groups is 1. The van der Waals surface area contributed by atoms with Gasteiger partial charge in [-0.2, -0.15) is 0 Å². The normalized spacial score (nSPS) is 21.3. The molecule has 1 aliphatic rings. The van der Waals surface area contributed by atoms with Gasteiger partial charge >= 0.3 is 0 Å². The SMILES string of the molecule is CO[C@H](C)CC(=O)N1CCN(C[C@@H](C)O)CC1. The van der Waals surface area contributed by atoms with Crippen LogP contribution in [0.4, 0.5) is 0 Å². The molecule has 1 fully saturated rings. The Balaban J connectivity index is 2.28. The number of ether oxygens (including phenoxy) is 1. The van der Waals surface area contributed by atoms with Gasteiger partial charge in [0.05, 0.1) is 18.6 Å². The summed E-state index contributed by atoms with van der Waals surface area (Å²) in [5.74, 6) is 0.163. The fraction of sp³-hybridized carbons (Fsp3) is 0.917. The second-order valence-corrected chi connectivity index (χ2v) is 4.78. The Labute approximate surface area is 103 Å². The van der Waals surface area contributed by atoms with Crippen LogP contribution in [0, 0.1) is 0 Å². The lowest BCUT2D eigenvalue weighted by Gasteiger charge is -2.35. The van der Waals surface area contributed by atoms with Crippen molar-refractivity contribution in [3.63, 3.8) is 0 Å². The molecule has 1 amide bonds. The van der Waals surface area contributed by atoms with E-state index in [1.165, 1.54) is 0 Å². The van der Waals surface area contributed by atoms with E-state index in [0.717, 1.165) is 26.2 Å². The monoisotopic (exact) mass is 244 g/mol. The number of hydrogen-bond acceptors (Lipinski definition) is 4. The van der Waals surface area contributed by atoms with E-state index < -0.39 is 0 Å². The lowest BCUT2D eigenvalue weighted by molar-refractivity contribution is -0.135. The Morgan fingerprint density at radius 1 is 1.29 bits per heavy atom. The van der Waals surface area contributed by atoms with Crippen molar-refractivity contribution in [2.24, 2.45) is 0 Å². The maximum absolute atomic E-state index is 11.9. The third-order valence-corrected chi connectivity index (χ3v) is 3.11. The average Bonchev–Trinajstić information content (AvgIpc) is 2.28. The van der Waals surface area contributed by atoms with Crippen LogP contribution in [0.25, 0.3) is 0 Å². The number of β-amino-alcohol motifs (C(OH)–C–C–N with tert-alkyl or cyclic N) is 1. The zero-order chi connectivity index (χ0) is 12.8. The highest BCUT2D eigenvalue weighted by molar-refractivity contribution is 5.76. The molecule has 1 saturated heterocycles. The molecule has 0 aromatic carbocycles. The van der Waals surface area contributed by atoms with E-state index in [2.05, 4.69) is 4.90 Å². The zero-order valence-electron chi connectivity index (χ0n) is 11.1. The summed E-state index contributed by atoms with van der Waals surface area (Å²) in [6.07, 6.45) is 0.135. The predicted octanol–water partition coefficient (Wildman–Crippen LogP) is -0.0636. The van der Waals surface area contributed by atoms with Crippen molar-refractivity contribution < 1.29 is 14.6 Å². The molecule has 0 aromatic heterocycles. The molecule has 0 aromatic rings. The molecule has 0 spiro atoms. The second kappa shape index (κ2) is 6.93. The van der Waals surface area contributed by atoms with Gasteiger partial charge in [0.1, 0.15) is 0 Å². The summed E-state index contributed by atoms with van der Waals surface area (Å²) < 4.78 is 5.09. The van der Waals surface area contributed by atoms with Crippen molar-refractivity contribution >= 4 is 5.91 Å². The molecule has 0 aliphatic carbocycles. The van der Waals surface area contributed by atoms with Gasteiger partial charge in [0.2, 0.25) is 5.91 Å². The Morgan fingerprint density at radius 2 is 1.88 bits per heavy atom. The van der Waals surface area contributed by atoms with Crippen LogP contribution < -0.4 is 0 Å². The topological polar surface area (TPSA) is 53.0 Å². The smallest absolute Gasteiger partial charge is 0.225 e. The van der Waals surface area contributed by atoms with Gasteiger partial charge in [0, 0.05) is 39.8 Å². The second-order valence-electron chi connectivity index (χ2n) is 4.78. The first-order chi connectivity index (χ1) is 8.02.